The molecule has 10 nitrogen and oxygen atoms in total. The quantitative estimate of drug-likeness (QED) is 0.241. The molecule has 5 unspecified atom stereocenters. The zero-order chi connectivity index (χ0) is 21.3. The molecule has 1 amide bonds. The lowest BCUT2D eigenvalue weighted by Gasteiger charge is -2.39. The molecule has 1 aliphatic rings. The van der Waals surface area contributed by atoms with Crippen molar-refractivity contribution >= 4 is 11.9 Å². The highest BCUT2D eigenvalue weighted by molar-refractivity contribution is 5.76. The van der Waals surface area contributed by atoms with Crippen molar-refractivity contribution in [3.8, 4) is 0 Å². The Morgan fingerprint density at radius 2 is 1.71 bits per heavy atom. The van der Waals surface area contributed by atoms with Crippen LogP contribution in [0.25, 0.3) is 0 Å². The van der Waals surface area contributed by atoms with Crippen molar-refractivity contribution < 1.29 is 44.6 Å². The number of amides is 1. The van der Waals surface area contributed by atoms with Crippen LogP contribution in [0.5, 0.6) is 0 Å². The number of hydrogen-bond acceptors (Lipinski definition) is 8. The SMILES string of the molecule is CCCCC(=O)N[C@@H](COC1OC(C(=O)O)C(O)C(O)C1O)[C@H](O)CCCC. The van der Waals surface area contributed by atoms with E-state index in [9.17, 15) is 30.0 Å². The molecule has 164 valence electrons. The molecule has 10 heteroatoms. The molecule has 0 bridgehead atoms. The van der Waals surface area contributed by atoms with Crippen molar-refractivity contribution in [3.63, 3.8) is 0 Å². The van der Waals surface area contributed by atoms with Gasteiger partial charge >= 0.3 is 5.97 Å². The number of aliphatic hydroxyl groups excluding tert-OH is 4. The molecule has 1 fully saturated rings. The van der Waals surface area contributed by atoms with Crippen molar-refractivity contribution in [1.82, 2.24) is 5.32 Å². The van der Waals surface area contributed by atoms with Gasteiger partial charge < -0.3 is 40.3 Å². The number of rotatable bonds is 12. The summed E-state index contributed by atoms with van der Waals surface area (Å²) in [6.45, 7) is 3.65. The first-order valence-electron chi connectivity index (χ1n) is 9.74. The van der Waals surface area contributed by atoms with Crippen LogP contribution >= 0.6 is 0 Å². The van der Waals surface area contributed by atoms with E-state index in [0.717, 1.165) is 19.3 Å². The standard InChI is InChI=1S/C18H33NO9/c1-3-5-7-11(20)10(19-12(21)8-6-4-2)9-27-18-15(24)13(22)14(23)16(28-18)17(25)26/h10-11,13-16,18,20,22-24H,3-9H2,1-2H3,(H,19,21)(H,25,26)/t10-,11+,13?,14?,15?,16?,18?/m0/s1. The van der Waals surface area contributed by atoms with Gasteiger partial charge in [-0.05, 0) is 12.8 Å². The highest BCUT2D eigenvalue weighted by Gasteiger charge is 2.47. The lowest BCUT2D eigenvalue weighted by atomic mass is 9.99. The van der Waals surface area contributed by atoms with Crippen molar-refractivity contribution in [3.05, 3.63) is 0 Å². The third-order valence-corrected chi connectivity index (χ3v) is 4.67. The summed E-state index contributed by atoms with van der Waals surface area (Å²) in [5, 5.41) is 51.6. The molecular weight excluding hydrogens is 374 g/mol. The average Bonchev–Trinajstić information content (AvgIpc) is 2.66. The fourth-order valence-corrected chi connectivity index (χ4v) is 2.87. The zero-order valence-corrected chi connectivity index (χ0v) is 16.4. The first-order valence-corrected chi connectivity index (χ1v) is 9.74. The number of carbonyl (C=O) groups is 2. The minimum atomic E-state index is -1.81. The second-order valence-electron chi connectivity index (χ2n) is 7.06. The van der Waals surface area contributed by atoms with Crippen molar-refractivity contribution in [2.75, 3.05) is 6.61 Å². The molecule has 6 N–H and O–H groups in total. The molecule has 0 aromatic rings. The first-order chi connectivity index (χ1) is 13.2. The number of aliphatic carboxylic acids is 1. The van der Waals surface area contributed by atoms with E-state index in [2.05, 4.69) is 5.32 Å². The summed E-state index contributed by atoms with van der Waals surface area (Å²) in [7, 11) is 0. The van der Waals surface area contributed by atoms with Gasteiger partial charge in [-0.3, -0.25) is 4.79 Å². The monoisotopic (exact) mass is 407 g/mol. The van der Waals surface area contributed by atoms with E-state index >= 15 is 0 Å². The summed E-state index contributed by atoms with van der Waals surface area (Å²) in [6, 6.07) is -0.793. The molecular formula is C18H33NO9. The predicted molar refractivity (Wildman–Crippen MR) is 97.3 cm³/mol. The molecule has 1 aliphatic heterocycles. The summed E-state index contributed by atoms with van der Waals surface area (Å²) in [6.07, 6.45) is -5.65. The van der Waals surface area contributed by atoms with Gasteiger partial charge in [0.2, 0.25) is 5.91 Å². The Bertz CT molecular complexity index is 490. The van der Waals surface area contributed by atoms with Gasteiger partial charge in [0.25, 0.3) is 0 Å². The Morgan fingerprint density at radius 3 is 2.29 bits per heavy atom. The number of unbranched alkanes of at least 4 members (excludes halogenated alkanes) is 2. The number of nitrogens with one attached hydrogen (secondary N) is 1. The smallest absolute Gasteiger partial charge is 0.335 e. The highest BCUT2D eigenvalue weighted by atomic mass is 16.7. The largest absolute Gasteiger partial charge is 0.479 e. The van der Waals surface area contributed by atoms with E-state index in [-0.39, 0.29) is 12.5 Å². The minimum Gasteiger partial charge on any atom is -0.479 e. The molecule has 0 aliphatic carbocycles. The molecule has 1 saturated heterocycles. The summed E-state index contributed by atoms with van der Waals surface area (Å²) in [5.74, 6) is -1.77. The number of carboxylic acid groups (broad SMARTS) is 1. The second kappa shape index (κ2) is 12.3. The third kappa shape index (κ3) is 7.26. The fraction of sp³-hybridized carbons (Fsp3) is 0.889. The van der Waals surface area contributed by atoms with E-state index < -0.39 is 48.8 Å². The van der Waals surface area contributed by atoms with E-state index in [1.54, 1.807) is 0 Å². The van der Waals surface area contributed by atoms with Crippen LogP contribution in [0.15, 0.2) is 0 Å². The van der Waals surface area contributed by atoms with Gasteiger partial charge in [-0.2, -0.15) is 0 Å². The van der Waals surface area contributed by atoms with E-state index in [1.807, 2.05) is 13.8 Å². The van der Waals surface area contributed by atoms with Gasteiger partial charge in [0.05, 0.1) is 18.8 Å². The molecule has 0 radical (unpaired) electrons. The molecule has 28 heavy (non-hydrogen) atoms. The normalized spacial score (nSPS) is 29.9. The van der Waals surface area contributed by atoms with Gasteiger partial charge in [-0.15, -0.1) is 0 Å². The maximum atomic E-state index is 12.0. The number of ether oxygens (including phenoxy) is 2. The number of carbonyl (C=O) groups excluding carboxylic acids is 1. The molecule has 1 rings (SSSR count). The van der Waals surface area contributed by atoms with Crippen LogP contribution in [-0.4, -0.2) is 86.9 Å². The van der Waals surface area contributed by atoms with Gasteiger partial charge in [0, 0.05) is 6.42 Å². The van der Waals surface area contributed by atoms with Crippen LogP contribution in [-0.2, 0) is 19.1 Å². The second-order valence-corrected chi connectivity index (χ2v) is 7.06. The van der Waals surface area contributed by atoms with Crippen molar-refractivity contribution in [1.29, 1.82) is 0 Å². The molecule has 0 spiro atoms. The van der Waals surface area contributed by atoms with Crippen LogP contribution in [0.2, 0.25) is 0 Å². The molecule has 0 aromatic heterocycles. The lowest BCUT2D eigenvalue weighted by Crippen LogP contribution is -2.61. The maximum Gasteiger partial charge on any atom is 0.335 e. The Morgan fingerprint density at radius 1 is 1.07 bits per heavy atom. The molecule has 0 saturated carbocycles. The zero-order valence-electron chi connectivity index (χ0n) is 16.4. The van der Waals surface area contributed by atoms with Crippen LogP contribution in [0.3, 0.4) is 0 Å². The van der Waals surface area contributed by atoms with Crippen molar-refractivity contribution in [2.24, 2.45) is 0 Å². The first kappa shape index (κ1) is 24.7. The van der Waals surface area contributed by atoms with Crippen LogP contribution in [0.1, 0.15) is 52.4 Å². The highest BCUT2D eigenvalue weighted by Crippen LogP contribution is 2.23. The third-order valence-electron chi connectivity index (χ3n) is 4.67. The van der Waals surface area contributed by atoms with Crippen LogP contribution in [0.4, 0.5) is 0 Å². The van der Waals surface area contributed by atoms with E-state index in [1.165, 1.54) is 0 Å². The van der Waals surface area contributed by atoms with Gasteiger partial charge in [-0.1, -0.05) is 33.1 Å². The Labute approximate surface area is 164 Å². The summed E-state index contributed by atoms with van der Waals surface area (Å²) >= 11 is 0. The summed E-state index contributed by atoms with van der Waals surface area (Å²) in [4.78, 5) is 23.2. The number of aliphatic hydroxyl groups is 4. The van der Waals surface area contributed by atoms with E-state index in [0.29, 0.717) is 19.3 Å². The summed E-state index contributed by atoms with van der Waals surface area (Å²) in [5.41, 5.74) is 0. The van der Waals surface area contributed by atoms with Gasteiger partial charge in [0.15, 0.2) is 12.4 Å². The Balaban J connectivity index is 2.75. The van der Waals surface area contributed by atoms with E-state index in [4.69, 9.17) is 14.6 Å². The number of carboxylic acids is 1. The molecule has 0 aromatic carbocycles. The van der Waals surface area contributed by atoms with Crippen LogP contribution in [0, 0.1) is 0 Å². The van der Waals surface area contributed by atoms with Crippen molar-refractivity contribution in [2.45, 2.75) is 95.2 Å². The lowest BCUT2D eigenvalue weighted by molar-refractivity contribution is -0.295. The fourth-order valence-electron chi connectivity index (χ4n) is 2.87. The molecule has 7 atom stereocenters. The Hall–Kier alpha value is -1.30. The van der Waals surface area contributed by atoms with Crippen LogP contribution < -0.4 is 5.32 Å². The van der Waals surface area contributed by atoms with Gasteiger partial charge in [-0.25, -0.2) is 4.79 Å². The molecule has 1 heterocycles. The Kier molecular flexibility index (Phi) is 10.9. The average molecular weight is 407 g/mol. The summed E-state index contributed by atoms with van der Waals surface area (Å²) < 4.78 is 10.4. The number of hydrogen-bond donors (Lipinski definition) is 6. The predicted octanol–water partition coefficient (Wildman–Crippen LogP) is -0.879. The van der Waals surface area contributed by atoms with Gasteiger partial charge in [0.1, 0.15) is 18.3 Å². The maximum absolute atomic E-state index is 12.0. The topological polar surface area (TPSA) is 166 Å². The minimum absolute atomic E-state index is 0.255.